The minimum absolute atomic E-state index is 0.0594. The zero-order valence-corrected chi connectivity index (χ0v) is 23.1. The van der Waals surface area contributed by atoms with E-state index in [2.05, 4.69) is 12.2 Å². The Morgan fingerprint density at radius 1 is 1.00 bits per heavy atom. The molecule has 3 aromatic carbocycles. The third-order valence-electron chi connectivity index (χ3n) is 5.99. The van der Waals surface area contributed by atoms with Crippen molar-refractivity contribution in [3.05, 3.63) is 95.0 Å². The summed E-state index contributed by atoms with van der Waals surface area (Å²) in [6, 6.07) is 24.5. The number of halogens is 1. The Bertz CT molecular complexity index is 1130. The molecule has 0 fully saturated rings. The molecule has 0 spiro atoms. The summed E-state index contributed by atoms with van der Waals surface area (Å²) in [5.41, 5.74) is 1.93. The number of nitrogens with zero attached hydrogens (tertiary/aromatic N) is 1. The molecule has 0 heterocycles. The average Bonchev–Trinajstić information content (AvgIpc) is 2.92. The molecule has 0 aliphatic carbocycles. The van der Waals surface area contributed by atoms with Crippen LogP contribution in [0.2, 0.25) is 5.02 Å². The number of hydrogen-bond donors (Lipinski definition) is 1. The number of thioether (sulfide) groups is 1. The first-order valence-corrected chi connectivity index (χ1v) is 14.0. The molecule has 0 bridgehead atoms. The van der Waals surface area contributed by atoms with Crippen LogP contribution in [0, 0.1) is 0 Å². The third-order valence-corrected chi connectivity index (χ3v) is 7.25. The second kappa shape index (κ2) is 15.3. The van der Waals surface area contributed by atoms with Gasteiger partial charge >= 0.3 is 0 Å². The largest absolute Gasteiger partial charge is 0.497 e. The van der Waals surface area contributed by atoms with Crippen LogP contribution >= 0.6 is 23.4 Å². The van der Waals surface area contributed by atoms with Crippen LogP contribution in [0.4, 0.5) is 0 Å². The van der Waals surface area contributed by atoms with E-state index in [4.69, 9.17) is 16.3 Å². The summed E-state index contributed by atoms with van der Waals surface area (Å²) in [4.78, 5) is 29.9. The number of nitrogens with one attached hydrogen (secondary N) is 1. The maximum absolute atomic E-state index is 13.7. The Kier molecular flexibility index (Phi) is 11.9. The Hall–Kier alpha value is -2.96. The zero-order chi connectivity index (χ0) is 26.5. The van der Waals surface area contributed by atoms with Crippen LogP contribution in [0.3, 0.4) is 0 Å². The first kappa shape index (κ1) is 28.6. The van der Waals surface area contributed by atoms with E-state index in [1.807, 2.05) is 78.9 Å². The SMILES string of the molecule is CCCCNC(=O)[C@@H](Cc1ccccc1)N(Cc1cccc(OC)c1)C(=O)CCSc1ccc(Cl)cc1. The van der Waals surface area contributed by atoms with Crippen LogP contribution in [-0.2, 0) is 22.6 Å². The number of rotatable bonds is 14. The van der Waals surface area contributed by atoms with Gasteiger partial charge in [0.25, 0.3) is 0 Å². The van der Waals surface area contributed by atoms with Crippen LogP contribution < -0.4 is 10.1 Å². The molecule has 0 radical (unpaired) electrons. The Morgan fingerprint density at radius 2 is 1.73 bits per heavy atom. The highest BCUT2D eigenvalue weighted by Crippen LogP contribution is 2.23. The highest BCUT2D eigenvalue weighted by Gasteiger charge is 2.30. The van der Waals surface area contributed by atoms with Crippen molar-refractivity contribution in [3.8, 4) is 5.75 Å². The second-order valence-electron chi connectivity index (χ2n) is 8.78. The molecule has 0 aliphatic rings. The lowest BCUT2D eigenvalue weighted by Gasteiger charge is -2.31. The monoisotopic (exact) mass is 538 g/mol. The summed E-state index contributed by atoms with van der Waals surface area (Å²) in [7, 11) is 1.62. The quantitative estimate of drug-likeness (QED) is 0.191. The molecule has 0 unspecified atom stereocenters. The summed E-state index contributed by atoms with van der Waals surface area (Å²) in [5, 5.41) is 3.74. The molecular weight excluding hydrogens is 504 g/mol. The number of carbonyl (C=O) groups is 2. The van der Waals surface area contributed by atoms with E-state index >= 15 is 0 Å². The van der Waals surface area contributed by atoms with Crippen LogP contribution in [0.5, 0.6) is 5.75 Å². The van der Waals surface area contributed by atoms with E-state index in [1.165, 1.54) is 0 Å². The van der Waals surface area contributed by atoms with Gasteiger partial charge in [-0.3, -0.25) is 9.59 Å². The Labute approximate surface area is 229 Å². The smallest absolute Gasteiger partial charge is 0.243 e. The molecule has 7 heteroatoms. The van der Waals surface area contributed by atoms with Crippen LogP contribution in [0.1, 0.15) is 37.3 Å². The number of benzene rings is 3. The fourth-order valence-electron chi connectivity index (χ4n) is 3.96. The fraction of sp³-hybridized carbons (Fsp3) is 0.333. The number of ether oxygens (including phenoxy) is 1. The molecule has 0 aromatic heterocycles. The standard InChI is InChI=1S/C30H35ClN2O3S/c1-3-4-18-32-30(35)28(21-23-9-6-5-7-10-23)33(22-24-11-8-12-26(20-24)36-2)29(34)17-19-37-27-15-13-25(31)14-16-27/h5-16,20,28H,3-4,17-19,21-22H2,1-2H3,(H,32,35)/t28-/m1/s1. The lowest BCUT2D eigenvalue weighted by Crippen LogP contribution is -2.50. The van der Waals surface area contributed by atoms with Crippen molar-refractivity contribution >= 4 is 35.2 Å². The van der Waals surface area contributed by atoms with Gasteiger partial charge < -0.3 is 15.0 Å². The van der Waals surface area contributed by atoms with Gasteiger partial charge in [0.05, 0.1) is 7.11 Å². The topological polar surface area (TPSA) is 58.6 Å². The minimum atomic E-state index is -0.626. The number of methoxy groups -OCH3 is 1. The molecule has 0 saturated heterocycles. The zero-order valence-electron chi connectivity index (χ0n) is 21.5. The van der Waals surface area contributed by atoms with Gasteiger partial charge in [0.2, 0.25) is 11.8 Å². The van der Waals surface area contributed by atoms with Crippen molar-refractivity contribution in [3.63, 3.8) is 0 Å². The Balaban J connectivity index is 1.84. The van der Waals surface area contributed by atoms with E-state index < -0.39 is 6.04 Å². The molecule has 0 saturated carbocycles. The summed E-state index contributed by atoms with van der Waals surface area (Å²) in [6.07, 6.45) is 2.63. The van der Waals surface area contributed by atoms with Crippen molar-refractivity contribution < 1.29 is 14.3 Å². The van der Waals surface area contributed by atoms with Crippen LogP contribution in [0.25, 0.3) is 0 Å². The first-order valence-electron chi connectivity index (χ1n) is 12.6. The second-order valence-corrected chi connectivity index (χ2v) is 10.4. The van der Waals surface area contributed by atoms with E-state index in [9.17, 15) is 9.59 Å². The van der Waals surface area contributed by atoms with Gasteiger partial charge in [0.1, 0.15) is 11.8 Å². The van der Waals surface area contributed by atoms with E-state index in [-0.39, 0.29) is 11.8 Å². The third kappa shape index (κ3) is 9.45. The fourth-order valence-corrected chi connectivity index (χ4v) is 4.93. The van der Waals surface area contributed by atoms with Crippen molar-refractivity contribution in [2.24, 2.45) is 0 Å². The summed E-state index contributed by atoms with van der Waals surface area (Å²) >= 11 is 7.60. The maximum atomic E-state index is 13.7. The summed E-state index contributed by atoms with van der Waals surface area (Å²) in [5.74, 6) is 1.13. The molecule has 5 nitrogen and oxygen atoms in total. The number of hydrogen-bond acceptors (Lipinski definition) is 4. The maximum Gasteiger partial charge on any atom is 0.243 e. The number of carbonyl (C=O) groups excluding carboxylic acids is 2. The molecular formula is C30H35ClN2O3S. The lowest BCUT2D eigenvalue weighted by atomic mass is 10.0. The van der Waals surface area contributed by atoms with E-state index in [1.54, 1.807) is 23.8 Å². The number of unbranched alkanes of at least 4 members (excludes halogenated alkanes) is 1. The first-order chi connectivity index (χ1) is 18.0. The van der Waals surface area contributed by atoms with E-state index in [0.29, 0.717) is 36.7 Å². The normalized spacial score (nSPS) is 11.5. The van der Waals surface area contributed by atoms with Crippen molar-refractivity contribution in [2.75, 3.05) is 19.4 Å². The van der Waals surface area contributed by atoms with Crippen molar-refractivity contribution in [1.29, 1.82) is 0 Å². The molecule has 0 aliphatic heterocycles. The van der Waals surface area contributed by atoms with Crippen molar-refractivity contribution in [2.45, 2.75) is 50.1 Å². The molecule has 37 heavy (non-hydrogen) atoms. The van der Waals surface area contributed by atoms with Gasteiger partial charge in [-0.1, -0.05) is 67.4 Å². The van der Waals surface area contributed by atoms with Gasteiger partial charge in [-0.05, 0) is 53.9 Å². The van der Waals surface area contributed by atoms with Gasteiger partial charge in [0, 0.05) is 41.6 Å². The summed E-state index contributed by atoms with van der Waals surface area (Å²) in [6.45, 7) is 3.00. The molecule has 3 rings (SSSR count). The van der Waals surface area contributed by atoms with Gasteiger partial charge in [-0.2, -0.15) is 0 Å². The minimum Gasteiger partial charge on any atom is -0.497 e. The molecule has 2 amide bonds. The molecule has 3 aromatic rings. The van der Waals surface area contributed by atoms with Gasteiger partial charge in [0.15, 0.2) is 0 Å². The molecule has 196 valence electrons. The highest BCUT2D eigenvalue weighted by atomic mass is 35.5. The highest BCUT2D eigenvalue weighted by molar-refractivity contribution is 7.99. The van der Waals surface area contributed by atoms with Crippen LogP contribution in [0.15, 0.2) is 83.8 Å². The van der Waals surface area contributed by atoms with Crippen molar-refractivity contribution in [1.82, 2.24) is 10.2 Å². The Morgan fingerprint density at radius 3 is 2.43 bits per heavy atom. The van der Waals surface area contributed by atoms with Gasteiger partial charge in [-0.15, -0.1) is 11.8 Å². The predicted molar refractivity (Wildman–Crippen MR) is 152 cm³/mol. The molecule has 1 N–H and O–H groups in total. The van der Waals surface area contributed by atoms with Crippen LogP contribution in [-0.4, -0.2) is 42.2 Å². The van der Waals surface area contributed by atoms with E-state index in [0.717, 1.165) is 34.6 Å². The predicted octanol–water partition coefficient (Wildman–Crippen LogP) is 6.39. The summed E-state index contributed by atoms with van der Waals surface area (Å²) < 4.78 is 5.39. The average molecular weight is 539 g/mol. The van der Waals surface area contributed by atoms with Gasteiger partial charge in [-0.25, -0.2) is 0 Å². The lowest BCUT2D eigenvalue weighted by molar-refractivity contribution is -0.141. The molecule has 1 atom stereocenters. The number of amides is 2.